The van der Waals surface area contributed by atoms with E-state index in [0.29, 0.717) is 0 Å². The predicted octanol–water partition coefficient (Wildman–Crippen LogP) is 2.57. The zero-order valence-corrected chi connectivity index (χ0v) is 13.8. The van der Waals surface area contributed by atoms with Crippen molar-refractivity contribution in [2.24, 2.45) is 5.92 Å². The first-order valence-electron chi connectivity index (χ1n) is 8.77. The van der Waals surface area contributed by atoms with Crippen molar-refractivity contribution in [1.29, 1.82) is 0 Å². The van der Waals surface area contributed by atoms with Gasteiger partial charge in [0.25, 0.3) is 0 Å². The van der Waals surface area contributed by atoms with E-state index in [1.165, 1.54) is 25.7 Å². The van der Waals surface area contributed by atoms with Crippen LogP contribution in [0.1, 0.15) is 58.3 Å². The van der Waals surface area contributed by atoms with Crippen LogP contribution in [0.2, 0.25) is 0 Å². The number of hydrogen-bond acceptors (Lipinski definition) is 4. The van der Waals surface area contributed by atoms with Gasteiger partial charge in [0.2, 0.25) is 0 Å². The van der Waals surface area contributed by atoms with Gasteiger partial charge in [0, 0.05) is 19.6 Å². The van der Waals surface area contributed by atoms with Crippen LogP contribution in [-0.2, 0) is 9.53 Å². The summed E-state index contributed by atoms with van der Waals surface area (Å²) in [5.41, 5.74) is -0.358. The van der Waals surface area contributed by atoms with E-state index in [-0.39, 0.29) is 11.5 Å². The Balaban J connectivity index is 2.14. The van der Waals surface area contributed by atoms with Crippen LogP contribution in [0, 0.1) is 5.92 Å². The van der Waals surface area contributed by atoms with Gasteiger partial charge in [0.15, 0.2) is 0 Å². The van der Waals surface area contributed by atoms with Gasteiger partial charge < -0.3 is 10.1 Å². The van der Waals surface area contributed by atoms with Gasteiger partial charge in [-0.25, -0.2) is 0 Å². The molecule has 122 valence electrons. The van der Waals surface area contributed by atoms with Gasteiger partial charge in [-0.05, 0) is 38.1 Å². The number of nitrogens with zero attached hydrogens (tertiary/aromatic N) is 1. The molecule has 1 N–H and O–H groups in total. The van der Waals surface area contributed by atoms with Crippen molar-refractivity contribution in [3.63, 3.8) is 0 Å². The number of carbonyl (C=O) groups excluding carboxylic acids is 1. The van der Waals surface area contributed by atoms with E-state index in [1.807, 2.05) is 0 Å². The summed E-state index contributed by atoms with van der Waals surface area (Å²) in [5, 5.41) is 3.44. The number of ether oxygens (including phenoxy) is 1. The highest BCUT2D eigenvalue weighted by Gasteiger charge is 2.45. The molecule has 2 fully saturated rings. The second-order valence-corrected chi connectivity index (χ2v) is 6.70. The normalized spacial score (nSPS) is 32.2. The van der Waals surface area contributed by atoms with Crippen LogP contribution in [0.4, 0.5) is 0 Å². The first kappa shape index (κ1) is 16.8. The molecule has 0 spiro atoms. The van der Waals surface area contributed by atoms with E-state index in [0.717, 1.165) is 57.8 Å². The standard InChI is InChI=1S/C17H32N2O2/c1-3-6-15-7-4-9-17(10-8-15,16(20)21-2)19-13-5-11-18-12-14-19/h15,18H,3-14H2,1-2H3. The molecule has 2 unspecified atom stereocenters. The van der Waals surface area contributed by atoms with Gasteiger partial charge in [-0.15, -0.1) is 0 Å². The SMILES string of the molecule is CCCC1CCCC(C(=O)OC)(N2CCCNCC2)CC1. The highest BCUT2D eigenvalue weighted by atomic mass is 16.5. The quantitative estimate of drug-likeness (QED) is 0.639. The monoisotopic (exact) mass is 296 g/mol. The lowest BCUT2D eigenvalue weighted by Gasteiger charge is -2.40. The van der Waals surface area contributed by atoms with Gasteiger partial charge in [-0.2, -0.15) is 0 Å². The van der Waals surface area contributed by atoms with Crippen LogP contribution in [0.3, 0.4) is 0 Å². The molecule has 2 atom stereocenters. The second-order valence-electron chi connectivity index (χ2n) is 6.70. The summed E-state index contributed by atoms with van der Waals surface area (Å²) in [4.78, 5) is 15.1. The van der Waals surface area contributed by atoms with Gasteiger partial charge in [-0.3, -0.25) is 9.69 Å². The lowest BCUT2D eigenvalue weighted by molar-refractivity contribution is -0.156. The molecular formula is C17H32N2O2. The number of carbonyl (C=O) groups is 1. The molecule has 1 saturated heterocycles. The number of methoxy groups -OCH3 is 1. The lowest BCUT2D eigenvalue weighted by Crippen LogP contribution is -2.56. The van der Waals surface area contributed by atoms with E-state index in [2.05, 4.69) is 17.1 Å². The van der Waals surface area contributed by atoms with Gasteiger partial charge in [-0.1, -0.05) is 32.6 Å². The summed E-state index contributed by atoms with van der Waals surface area (Å²) in [7, 11) is 1.55. The molecule has 1 aliphatic carbocycles. The summed E-state index contributed by atoms with van der Waals surface area (Å²) in [5.74, 6) is 0.799. The third-order valence-corrected chi connectivity index (χ3v) is 5.38. The van der Waals surface area contributed by atoms with Crippen LogP contribution in [0.25, 0.3) is 0 Å². The third kappa shape index (κ3) is 3.98. The molecule has 21 heavy (non-hydrogen) atoms. The Hall–Kier alpha value is -0.610. The topological polar surface area (TPSA) is 41.6 Å². The Morgan fingerprint density at radius 1 is 1.24 bits per heavy atom. The molecule has 1 saturated carbocycles. The fraction of sp³-hybridized carbons (Fsp3) is 0.941. The average Bonchev–Trinajstić information content (AvgIpc) is 2.88. The van der Waals surface area contributed by atoms with Crippen molar-refractivity contribution in [1.82, 2.24) is 10.2 Å². The fourth-order valence-corrected chi connectivity index (χ4v) is 4.21. The van der Waals surface area contributed by atoms with E-state index >= 15 is 0 Å². The van der Waals surface area contributed by atoms with Crippen molar-refractivity contribution in [3.8, 4) is 0 Å². The minimum Gasteiger partial charge on any atom is -0.468 e. The maximum absolute atomic E-state index is 12.6. The van der Waals surface area contributed by atoms with Crippen LogP contribution >= 0.6 is 0 Å². The highest BCUT2D eigenvalue weighted by molar-refractivity contribution is 5.80. The van der Waals surface area contributed by atoms with E-state index in [9.17, 15) is 4.79 Å². The van der Waals surface area contributed by atoms with Crippen LogP contribution in [0.15, 0.2) is 0 Å². The minimum atomic E-state index is -0.358. The Bertz CT molecular complexity index is 327. The number of nitrogens with one attached hydrogen (secondary N) is 1. The van der Waals surface area contributed by atoms with E-state index in [1.54, 1.807) is 7.11 Å². The van der Waals surface area contributed by atoms with Crippen LogP contribution in [-0.4, -0.2) is 49.7 Å². The Kier molecular flexibility index (Phi) is 6.49. The first-order valence-corrected chi connectivity index (χ1v) is 8.77. The Labute approximate surface area is 129 Å². The summed E-state index contributed by atoms with van der Waals surface area (Å²) in [6.07, 6.45) is 9.24. The molecular weight excluding hydrogens is 264 g/mol. The smallest absolute Gasteiger partial charge is 0.326 e. The Morgan fingerprint density at radius 3 is 2.86 bits per heavy atom. The maximum Gasteiger partial charge on any atom is 0.326 e. The minimum absolute atomic E-state index is 0.00143. The largest absolute Gasteiger partial charge is 0.468 e. The number of hydrogen-bond donors (Lipinski definition) is 1. The summed E-state index contributed by atoms with van der Waals surface area (Å²) < 4.78 is 5.24. The first-order chi connectivity index (χ1) is 10.2. The highest BCUT2D eigenvalue weighted by Crippen LogP contribution is 2.37. The second kappa shape index (κ2) is 8.14. The van der Waals surface area contributed by atoms with Crippen LogP contribution < -0.4 is 5.32 Å². The Morgan fingerprint density at radius 2 is 2.10 bits per heavy atom. The van der Waals surface area contributed by atoms with Gasteiger partial charge in [0.1, 0.15) is 5.54 Å². The number of rotatable bonds is 4. The molecule has 1 heterocycles. The zero-order chi connectivity index (χ0) is 15.1. The molecule has 0 aromatic carbocycles. The molecule has 2 rings (SSSR count). The average molecular weight is 296 g/mol. The molecule has 0 radical (unpaired) electrons. The van der Waals surface area contributed by atoms with Crippen molar-refractivity contribution >= 4 is 5.97 Å². The fourth-order valence-electron chi connectivity index (χ4n) is 4.21. The van der Waals surface area contributed by atoms with Crippen molar-refractivity contribution in [2.45, 2.75) is 63.8 Å². The zero-order valence-electron chi connectivity index (χ0n) is 13.8. The number of esters is 1. The molecule has 4 nitrogen and oxygen atoms in total. The maximum atomic E-state index is 12.6. The molecule has 2 aliphatic rings. The van der Waals surface area contributed by atoms with Crippen molar-refractivity contribution in [2.75, 3.05) is 33.3 Å². The van der Waals surface area contributed by atoms with Crippen molar-refractivity contribution < 1.29 is 9.53 Å². The van der Waals surface area contributed by atoms with E-state index in [4.69, 9.17) is 4.74 Å². The summed E-state index contributed by atoms with van der Waals surface area (Å²) >= 11 is 0. The molecule has 0 bridgehead atoms. The van der Waals surface area contributed by atoms with E-state index < -0.39 is 0 Å². The lowest BCUT2D eigenvalue weighted by atomic mass is 9.86. The molecule has 0 amide bonds. The van der Waals surface area contributed by atoms with Gasteiger partial charge in [0.05, 0.1) is 7.11 Å². The summed E-state index contributed by atoms with van der Waals surface area (Å²) in [6, 6.07) is 0. The third-order valence-electron chi connectivity index (χ3n) is 5.38. The van der Waals surface area contributed by atoms with Crippen molar-refractivity contribution in [3.05, 3.63) is 0 Å². The molecule has 0 aromatic rings. The molecule has 1 aliphatic heterocycles. The molecule has 4 heteroatoms. The van der Waals surface area contributed by atoms with Gasteiger partial charge >= 0.3 is 5.97 Å². The predicted molar refractivity (Wildman–Crippen MR) is 85.3 cm³/mol. The molecule has 0 aromatic heterocycles. The van der Waals surface area contributed by atoms with Crippen LogP contribution in [0.5, 0.6) is 0 Å². The summed E-state index contributed by atoms with van der Waals surface area (Å²) in [6.45, 7) is 6.29.